The van der Waals surface area contributed by atoms with Gasteiger partial charge in [-0.1, -0.05) is 18.2 Å². The molecule has 0 aliphatic rings. The van der Waals surface area contributed by atoms with Crippen LogP contribution in [0.2, 0.25) is 0 Å². The molecule has 0 fully saturated rings. The number of ether oxygens (including phenoxy) is 2. The number of thioether (sulfide) groups is 1. The molecular weight excluding hydrogens is 282 g/mol. The molecule has 0 amide bonds. The number of para-hydroxylation sites is 1. The lowest BCUT2D eigenvalue weighted by molar-refractivity contribution is 0.310. The van der Waals surface area contributed by atoms with Gasteiger partial charge in [-0.15, -0.1) is 11.8 Å². The van der Waals surface area contributed by atoms with E-state index in [1.165, 1.54) is 4.90 Å². The topological polar surface area (TPSA) is 30.5 Å². The summed E-state index contributed by atoms with van der Waals surface area (Å²) in [5.74, 6) is 1.56. The van der Waals surface area contributed by atoms with Crippen LogP contribution in [0.3, 0.4) is 0 Å². The molecule has 0 atom stereocenters. The molecule has 0 aliphatic heterocycles. The highest BCUT2D eigenvalue weighted by molar-refractivity contribution is 7.98. The Morgan fingerprint density at radius 2 is 1.90 bits per heavy atom. The van der Waals surface area contributed by atoms with Crippen LogP contribution in [0.5, 0.6) is 11.5 Å². The molecule has 0 radical (unpaired) electrons. The fraction of sp³-hybridized carbons (Fsp3) is 0.294. The summed E-state index contributed by atoms with van der Waals surface area (Å²) in [4.78, 5) is 1.25. The van der Waals surface area contributed by atoms with Crippen molar-refractivity contribution in [1.82, 2.24) is 0 Å². The third-order valence-corrected chi connectivity index (χ3v) is 3.91. The second-order valence-electron chi connectivity index (χ2n) is 4.47. The van der Waals surface area contributed by atoms with Crippen LogP contribution in [0.1, 0.15) is 12.5 Å². The zero-order valence-corrected chi connectivity index (χ0v) is 13.5. The van der Waals surface area contributed by atoms with Gasteiger partial charge in [0, 0.05) is 17.1 Å². The van der Waals surface area contributed by atoms with Gasteiger partial charge in [-0.05, 0) is 43.0 Å². The molecule has 2 rings (SSSR count). The number of benzene rings is 2. The Hall–Kier alpha value is -1.81. The van der Waals surface area contributed by atoms with E-state index in [1.54, 1.807) is 18.9 Å². The lowest BCUT2D eigenvalue weighted by Gasteiger charge is -2.13. The van der Waals surface area contributed by atoms with Gasteiger partial charge in [0.15, 0.2) is 11.5 Å². The van der Waals surface area contributed by atoms with E-state index >= 15 is 0 Å². The minimum Gasteiger partial charge on any atom is -0.493 e. The van der Waals surface area contributed by atoms with E-state index in [4.69, 9.17) is 9.47 Å². The Morgan fingerprint density at radius 3 is 2.62 bits per heavy atom. The number of methoxy groups -OCH3 is 1. The zero-order valence-electron chi connectivity index (χ0n) is 12.7. The van der Waals surface area contributed by atoms with E-state index in [0.717, 1.165) is 29.3 Å². The first kappa shape index (κ1) is 15.6. The molecule has 4 heteroatoms. The normalized spacial score (nSPS) is 10.2. The van der Waals surface area contributed by atoms with Gasteiger partial charge in [-0.2, -0.15) is 0 Å². The van der Waals surface area contributed by atoms with E-state index in [-0.39, 0.29) is 0 Å². The maximum Gasteiger partial charge on any atom is 0.161 e. The predicted molar refractivity (Wildman–Crippen MR) is 89.7 cm³/mol. The zero-order chi connectivity index (χ0) is 15.1. The Morgan fingerprint density at radius 1 is 1.10 bits per heavy atom. The van der Waals surface area contributed by atoms with Crippen molar-refractivity contribution in [1.29, 1.82) is 0 Å². The van der Waals surface area contributed by atoms with Crippen molar-refractivity contribution in [2.24, 2.45) is 0 Å². The molecule has 0 unspecified atom stereocenters. The summed E-state index contributed by atoms with van der Waals surface area (Å²) in [6, 6.07) is 14.3. The van der Waals surface area contributed by atoms with Crippen molar-refractivity contribution >= 4 is 17.4 Å². The third-order valence-electron chi connectivity index (χ3n) is 3.12. The van der Waals surface area contributed by atoms with E-state index in [0.29, 0.717) is 6.61 Å². The molecule has 3 nitrogen and oxygen atoms in total. The summed E-state index contributed by atoms with van der Waals surface area (Å²) in [5, 5.41) is 3.47. The Balaban J connectivity index is 2.09. The van der Waals surface area contributed by atoms with Gasteiger partial charge in [0.05, 0.1) is 13.7 Å². The first-order valence-corrected chi connectivity index (χ1v) is 8.17. The highest BCUT2D eigenvalue weighted by Crippen LogP contribution is 2.29. The largest absolute Gasteiger partial charge is 0.493 e. The van der Waals surface area contributed by atoms with E-state index in [2.05, 4.69) is 35.8 Å². The second-order valence-corrected chi connectivity index (χ2v) is 5.32. The van der Waals surface area contributed by atoms with Gasteiger partial charge in [0.2, 0.25) is 0 Å². The smallest absolute Gasteiger partial charge is 0.161 e. The first-order valence-electron chi connectivity index (χ1n) is 6.95. The van der Waals surface area contributed by atoms with Crippen molar-refractivity contribution in [3.05, 3.63) is 48.0 Å². The second kappa shape index (κ2) is 7.84. The summed E-state index contributed by atoms with van der Waals surface area (Å²) >= 11 is 1.74. The fourth-order valence-electron chi connectivity index (χ4n) is 2.08. The SMILES string of the molecule is CCOc1ccc(CNc2ccccc2SC)cc1OC. The van der Waals surface area contributed by atoms with Crippen LogP contribution in [0.15, 0.2) is 47.4 Å². The number of anilines is 1. The molecular formula is C17H21NO2S. The van der Waals surface area contributed by atoms with E-state index in [9.17, 15) is 0 Å². The lowest BCUT2D eigenvalue weighted by Crippen LogP contribution is -2.02. The molecule has 0 heterocycles. The molecule has 2 aromatic carbocycles. The number of nitrogens with one attached hydrogen (secondary N) is 1. The third kappa shape index (κ3) is 4.08. The summed E-state index contributed by atoms with van der Waals surface area (Å²) < 4.78 is 10.9. The number of rotatable bonds is 7. The van der Waals surface area contributed by atoms with Gasteiger partial charge in [-0.25, -0.2) is 0 Å². The Bertz CT molecular complexity index is 587. The van der Waals surface area contributed by atoms with Crippen LogP contribution in [0, 0.1) is 0 Å². The summed E-state index contributed by atoms with van der Waals surface area (Å²) in [7, 11) is 1.66. The van der Waals surface area contributed by atoms with Crippen LogP contribution in [-0.2, 0) is 6.54 Å². The van der Waals surface area contributed by atoms with Crippen LogP contribution in [0.4, 0.5) is 5.69 Å². The summed E-state index contributed by atoms with van der Waals surface area (Å²) in [6.07, 6.45) is 2.08. The lowest BCUT2D eigenvalue weighted by atomic mass is 10.2. The van der Waals surface area contributed by atoms with Gasteiger partial charge < -0.3 is 14.8 Å². The molecule has 0 saturated heterocycles. The highest BCUT2D eigenvalue weighted by atomic mass is 32.2. The standard InChI is InChI=1S/C17H21NO2S/c1-4-20-15-10-9-13(11-16(15)19-2)12-18-14-7-5-6-8-17(14)21-3/h5-11,18H,4,12H2,1-3H3. The minimum absolute atomic E-state index is 0.634. The fourth-order valence-corrected chi connectivity index (χ4v) is 2.66. The van der Waals surface area contributed by atoms with Gasteiger partial charge >= 0.3 is 0 Å². The van der Waals surface area contributed by atoms with Crippen molar-refractivity contribution in [3.63, 3.8) is 0 Å². The molecule has 0 spiro atoms. The van der Waals surface area contributed by atoms with Crippen LogP contribution < -0.4 is 14.8 Å². The number of hydrogen-bond donors (Lipinski definition) is 1. The first-order chi connectivity index (χ1) is 10.3. The Labute approximate surface area is 130 Å². The van der Waals surface area contributed by atoms with Crippen LogP contribution >= 0.6 is 11.8 Å². The van der Waals surface area contributed by atoms with Crippen molar-refractivity contribution in [3.8, 4) is 11.5 Å². The van der Waals surface area contributed by atoms with E-state index < -0.39 is 0 Å². The Kier molecular flexibility index (Phi) is 5.81. The van der Waals surface area contributed by atoms with Crippen LogP contribution in [-0.4, -0.2) is 20.0 Å². The average Bonchev–Trinajstić information content (AvgIpc) is 2.54. The molecule has 112 valence electrons. The monoisotopic (exact) mass is 303 g/mol. The van der Waals surface area contributed by atoms with Gasteiger partial charge in [0.1, 0.15) is 0 Å². The van der Waals surface area contributed by atoms with Crippen LogP contribution in [0.25, 0.3) is 0 Å². The quantitative estimate of drug-likeness (QED) is 0.767. The molecule has 21 heavy (non-hydrogen) atoms. The molecule has 0 aliphatic carbocycles. The highest BCUT2D eigenvalue weighted by Gasteiger charge is 2.06. The van der Waals surface area contributed by atoms with Gasteiger partial charge in [-0.3, -0.25) is 0 Å². The minimum atomic E-state index is 0.634. The molecule has 0 saturated carbocycles. The molecule has 2 aromatic rings. The van der Waals surface area contributed by atoms with Crippen molar-refractivity contribution < 1.29 is 9.47 Å². The predicted octanol–water partition coefficient (Wildman–Crippen LogP) is 4.43. The van der Waals surface area contributed by atoms with Crippen molar-refractivity contribution in [2.45, 2.75) is 18.4 Å². The molecule has 1 N–H and O–H groups in total. The maximum atomic E-state index is 5.53. The maximum absolute atomic E-state index is 5.53. The summed E-state index contributed by atoms with van der Waals surface area (Å²) in [6.45, 7) is 3.35. The summed E-state index contributed by atoms with van der Waals surface area (Å²) in [5.41, 5.74) is 2.31. The molecule has 0 aromatic heterocycles. The van der Waals surface area contributed by atoms with E-state index in [1.807, 2.05) is 25.1 Å². The molecule has 0 bridgehead atoms. The number of hydrogen-bond acceptors (Lipinski definition) is 4. The average molecular weight is 303 g/mol. The van der Waals surface area contributed by atoms with Gasteiger partial charge in [0.25, 0.3) is 0 Å². The van der Waals surface area contributed by atoms with Crippen molar-refractivity contribution in [2.75, 3.05) is 25.3 Å².